The van der Waals surface area contributed by atoms with Crippen LogP contribution >= 0.6 is 0 Å². The Bertz CT molecular complexity index is 298. The van der Waals surface area contributed by atoms with Crippen LogP contribution in [0.5, 0.6) is 0 Å². The number of likely N-dealkylation sites (tertiary alicyclic amines) is 1. The van der Waals surface area contributed by atoms with Gasteiger partial charge < -0.3 is 0 Å². The smallest absolute Gasteiger partial charge is 0.251 e. The molecule has 3 atom stereocenters. The summed E-state index contributed by atoms with van der Waals surface area (Å²) >= 11 is 0. The fourth-order valence-electron chi connectivity index (χ4n) is 3.51. The lowest BCUT2D eigenvalue weighted by atomic mass is 9.99. The third-order valence-electron chi connectivity index (χ3n) is 4.76. The van der Waals surface area contributed by atoms with Crippen LogP contribution in [0.15, 0.2) is 0 Å². The van der Waals surface area contributed by atoms with Crippen molar-refractivity contribution in [2.24, 2.45) is 0 Å². The summed E-state index contributed by atoms with van der Waals surface area (Å²) < 4.78 is 0. The summed E-state index contributed by atoms with van der Waals surface area (Å²) in [5, 5.41) is 2.19. The van der Waals surface area contributed by atoms with Crippen molar-refractivity contribution in [1.29, 1.82) is 0 Å². The third-order valence-corrected chi connectivity index (χ3v) is 4.76. The van der Waals surface area contributed by atoms with E-state index >= 15 is 0 Å². The summed E-state index contributed by atoms with van der Waals surface area (Å²) in [7, 11) is 0. The first-order valence-electron chi connectivity index (χ1n) is 7.96. The van der Waals surface area contributed by atoms with E-state index in [1.54, 1.807) is 0 Å². The second-order valence-corrected chi connectivity index (χ2v) is 6.15. The molecule has 0 aromatic rings. The second-order valence-electron chi connectivity index (χ2n) is 6.15. The fourth-order valence-corrected chi connectivity index (χ4v) is 3.51. The van der Waals surface area contributed by atoms with Crippen LogP contribution in [0, 0.1) is 0 Å². The molecule has 0 aliphatic carbocycles. The minimum Gasteiger partial charge on any atom is -0.292 e. The van der Waals surface area contributed by atoms with E-state index in [1.807, 2.05) is 0 Å². The largest absolute Gasteiger partial charge is 0.292 e. The number of nitrogens with one attached hydrogen (secondary N) is 1. The molecule has 19 heavy (non-hydrogen) atoms. The Morgan fingerprint density at radius 3 is 2.42 bits per heavy atom. The molecule has 0 aromatic carbocycles. The van der Waals surface area contributed by atoms with E-state index in [-0.39, 0.29) is 11.9 Å². The predicted octanol–water partition coefficient (Wildman–Crippen LogP) is 2.15. The van der Waals surface area contributed by atoms with Crippen LogP contribution in [-0.4, -0.2) is 47.0 Å². The number of nitrogens with zero attached hydrogens (tertiary/aromatic N) is 2. The van der Waals surface area contributed by atoms with Crippen molar-refractivity contribution in [1.82, 2.24) is 15.3 Å². The minimum absolute atomic E-state index is 0.0834. The summed E-state index contributed by atoms with van der Waals surface area (Å²) in [6.07, 6.45) is 7.07. The first-order valence-corrected chi connectivity index (χ1v) is 7.96. The second kappa shape index (κ2) is 6.71. The first-order chi connectivity index (χ1) is 9.13. The van der Waals surface area contributed by atoms with Crippen molar-refractivity contribution >= 4 is 5.91 Å². The Balaban J connectivity index is 1.95. The lowest BCUT2D eigenvalue weighted by Crippen LogP contribution is -2.59. The van der Waals surface area contributed by atoms with Crippen molar-refractivity contribution in [2.75, 3.05) is 13.1 Å². The van der Waals surface area contributed by atoms with Gasteiger partial charge in [-0.1, -0.05) is 19.8 Å². The lowest BCUT2D eigenvalue weighted by molar-refractivity contribution is -0.136. The Morgan fingerprint density at radius 1 is 1.11 bits per heavy atom. The predicted molar refractivity (Wildman–Crippen MR) is 77.6 cm³/mol. The number of hydrogen-bond acceptors (Lipinski definition) is 3. The van der Waals surface area contributed by atoms with Gasteiger partial charge in [-0.15, -0.1) is 0 Å². The maximum atomic E-state index is 12.5. The Morgan fingerprint density at radius 2 is 1.79 bits per heavy atom. The van der Waals surface area contributed by atoms with E-state index in [0.29, 0.717) is 12.1 Å². The normalized spacial score (nSPS) is 34.2. The highest BCUT2D eigenvalue weighted by Gasteiger charge is 2.32. The van der Waals surface area contributed by atoms with Crippen molar-refractivity contribution in [2.45, 2.75) is 77.4 Å². The summed E-state index contributed by atoms with van der Waals surface area (Å²) in [6, 6.07) is 1.01. The van der Waals surface area contributed by atoms with Crippen LogP contribution < -0.4 is 5.43 Å². The Labute approximate surface area is 117 Å². The molecule has 0 bridgehead atoms. The quantitative estimate of drug-likeness (QED) is 0.851. The van der Waals surface area contributed by atoms with Crippen LogP contribution in [0.3, 0.4) is 0 Å². The van der Waals surface area contributed by atoms with Crippen LogP contribution in [0.2, 0.25) is 0 Å². The number of likely N-dealkylation sites (N-methyl/N-ethyl adjacent to an activating group) is 1. The molecule has 2 aliphatic rings. The molecule has 2 heterocycles. The highest BCUT2D eigenvalue weighted by Crippen LogP contribution is 2.22. The standard InChI is InChI=1S/C15H29N3O/c1-4-17-11-6-5-10-14(17)15(19)16-18-12(2)8-7-9-13(18)3/h12-14H,4-11H2,1-3H3,(H,16,19)/t12-,13+,14?. The van der Waals surface area contributed by atoms with Gasteiger partial charge in [0.15, 0.2) is 0 Å². The molecule has 0 aromatic heterocycles. The molecule has 2 aliphatic heterocycles. The van der Waals surface area contributed by atoms with Gasteiger partial charge in [-0.05, 0) is 52.6 Å². The van der Waals surface area contributed by atoms with Gasteiger partial charge in [0.05, 0.1) is 6.04 Å². The van der Waals surface area contributed by atoms with E-state index in [0.717, 1.165) is 19.5 Å². The van der Waals surface area contributed by atoms with Gasteiger partial charge in [-0.3, -0.25) is 15.1 Å². The van der Waals surface area contributed by atoms with Crippen LogP contribution in [0.25, 0.3) is 0 Å². The molecule has 0 saturated carbocycles. The molecule has 0 radical (unpaired) electrons. The van der Waals surface area contributed by atoms with Gasteiger partial charge in [0.25, 0.3) is 5.91 Å². The highest BCUT2D eigenvalue weighted by atomic mass is 16.2. The van der Waals surface area contributed by atoms with Crippen molar-refractivity contribution in [3.8, 4) is 0 Å². The molecule has 4 heteroatoms. The third kappa shape index (κ3) is 3.48. The van der Waals surface area contributed by atoms with E-state index in [9.17, 15) is 4.79 Å². The number of rotatable bonds is 3. The zero-order valence-corrected chi connectivity index (χ0v) is 12.7. The maximum absolute atomic E-state index is 12.5. The molecule has 1 unspecified atom stereocenters. The van der Waals surface area contributed by atoms with E-state index < -0.39 is 0 Å². The molecule has 2 rings (SSSR count). The summed E-state index contributed by atoms with van der Waals surface area (Å²) in [4.78, 5) is 14.8. The monoisotopic (exact) mass is 267 g/mol. The van der Waals surface area contributed by atoms with Crippen LogP contribution in [0.4, 0.5) is 0 Å². The molecule has 1 amide bonds. The van der Waals surface area contributed by atoms with Gasteiger partial charge in [-0.25, -0.2) is 5.01 Å². The van der Waals surface area contributed by atoms with E-state index in [2.05, 4.69) is 36.1 Å². The lowest BCUT2D eigenvalue weighted by Gasteiger charge is -2.41. The molecular weight excluding hydrogens is 238 g/mol. The van der Waals surface area contributed by atoms with Gasteiger partial charge in [0.1, 0.15) is 0 Å². The molecule has 1 N–H and O–H groups in total. The van der Waals surface area contributed by atoms with Crippen LogP contribution in [0.1, 0.15) is 59.3 Å². The van der Waals surface area contributed by atoms with E-state index in [1.165, 1.54) is 32.1 Å². The van der Waals surface area contributed by atoms with Crippen LogP contribution in [-0.2, 0) is 4.79 Å². The molecule has 0 spiro atoms. The minimum atomic E-state index is 0.0834. The summed E-state index contributed by atoms with van der Waals surface area (Å²) in [5.41, 5.74) is 3.21. The Kier molecular flexibility index (Phi) is 5.22. The maximum Gasteiger partial charge on any atom is 0.251 e. The zero-order chi connectivity index (χ0) is 13.8. The molecule has 4 nitrogen and oxygen atoms in total. The van der Waals surface area contributed by atoms with Gasteiger partial charge in [0, 0.05) is 12.1 Å². The summed E-state index contributed by atoms with van der Waals surface area (Å²) in [5.74, 6) is 0.210. The topological polar surface area (TPSA) is 35.6 Å². The highest BCUT2D eigenvalue weighted by molar-refractivity contribution is 5.81. The first kappa shape index (κ1) is 14.8. The number of hydrazine groups is 1. The van der Waals surface area contributed by atoms with Gasteiger partial charge in [0.2, 0.25) is 0 Å². The van der Waals surface area contributed by atoms with Crippen molar-refractivity contribution < 1.29 is 4.79 Å². The number of amides is 1. The van der Waals surface area contributed by atoms with Crippen molar-refractivity contribution in [3.05, 3.63) is 0 Å². The molecule has 110 valence electrons. The number of carbonyl (C=O) groups excluding carboxylic acids is 1. The SMILES string of the molecule is CCN1CCCCC1C(=O)NN1[C@H](C)CCC[C@@H]1C. The average Bonchev–Trinajstić information content (AvgIpc) is 2.42. The zero-order valence-electron chi connectivity index (χ0n) is 12.7. The number of hydrogen-bond donors (Lipinski definition) is 1. The van der Waals surface area contributed by atoms with E-state index in [4.69, 9.17) is 0 Å². The van der Waals surface area contributed by atoms with Gasteiger partial charge >= 0.3 is 0 Å². The average molecular weight is 267 g/mol. The fraction of sp³-hybridized carbons (Fsp3) is 0.933. The molecule has 2 fully saturated rings. The number of carbonyl (C=O) groups is 1. The Hall–Kier alpha value is -0.610. The van der Waals surface area contributed by atoms with Gasteiger partial charge in [-0.2, -0.15) is 0 Å². The van der Waals surface area contributed by atoms with Crippen molar-refractivity contribution in [3.63, 3.8) is 0 Å². The molecule has 2 saturated heterocycles. The summed E-state index contributed by atoms with van der Waals surface area (Å²) in [6.45, 7) is 8.63. The number of piperidine rings is 2. The molecular formula is C15H29N3O.